The molecular formula is C5H13OSi. The Balaban J connectivity index is 3.36. The van der Waals surface area contributed by atoms with E-state index in [4.69, 9.17) is 0 Å². The van der Waals surface area contributed by atoms with Crippen LogP contribution in [0.2, 0.25) is 18.6 Å². The van der Waals surface area contributed by atoms with Crippen LogP contribution in [0.1, 0.15) is 13.8 Å². The molecule has 1 nitrogen and oxygen atoms in total. The molecule has 0 N–H and O–H groups in total. The second-order valence-corrected chi connectivity index (χ2v) is 6.47. The summed E-state index contributed by atoms with van der Waals surface area (Å²) in [6, 6.07) is 1.76. The van der Waals surface area contributed by atoms with Crippen molar-refractivity contribution in [2.24, 2.45) is 0 Å². The van der Waals surface area contributed by atoms with Crippen molar-refractivity contribution in [3.8, 4) is 0 Å². The first-order valence-electron chi connectivity index (χ1n) is 2.83. The van der Waals surface area contributed by atoms with Gasteiger partial charge in [0.15, 0.2) is 0 Å². The fourth-order valence-electron chi connectivity index (χ4n) is 0.250. The fraction of sp³-hybridized carbons (Fsp3) is 1.00. The molecule has 2 heteroatoms. The van der Waals surface area contributed by atoms with Crippen LogP contribution in [0.4, 0.5) is 0 Å². The number of hydrogen-bond donors (Lipinski definition) is 0. The molecular weight excluding hydrogens is 104 g/mol. The van der Waals surface area contributed by atoms with Gasteiger partial charge in [0.1, 0.15) is 0 Å². The highest BCUT2D eigenvalue weighted by atomic mass is 28.4. The molecule has 0 saturated carbocycles. The van der Waals surface area contributed by atoms with Crippen LogP contribution in [0.25, 0.3) is 0 Å². The standard InChI is InChI=1S/C5H13OSi/c1-4-7(3,6)5-2/h4-5H2,1-3H3. The first-order chi connectivity index (χ1) is 3.12. The molecule has 0 saturated heterocycles. The number of hydrogen-bond acceptors (Lipinski definition) is 0. The normalized spacial score (nSPS) is 12.0. The van der Waals surface area contributed by atoms with Gasteiger partial charge in [-0.3, -0.25) is 4.80 Å². The van der Waals surface area contributed by atoms with Crippen LogP contribution in [0.15, 0.2) is 0 Å². The van der Waals surface area contributed by atoms with Gasteiger partial charge in [-0.05, 0) is 18.6 Å². The highest BCUT2D eigenvalue weighted by Gasteiger charge is 2.20. The molecule has 0 atom stereocenters. The van der Waals surface area contributed by atoms with E-state index in [1.165, 1.54) is 0 Å². The maximum Gasteiger partial charge on any atom is 0.233 e. The van der Waals surface area contributed by atoms with Crippen LogP contribution >= 0.6 is 0 Å². The molecule has 7 heavy (non-hydrogen) atoms. The van der Waals surface area contributed by atoms with Crippen molar-refractivity contribution >= 4 is 8.32 Å². The molecule has 0 heterocycles. The van der Waals surface area contributed by atoms with Gasteiger partial charge in [-0.25, -0.2) is 0 Å². The van der Waals surface area contributed by atoms with Crippen molar-refractivity contribution in [1.29, 1.82) is 0 Å². The molecule has 0 aliphatic heterocycles. The molecule has 0 aromatic carbocycles. The van der Waals surface area contributed by atoms with E-state index in [0.29, 0.717) is 0 Å². The minimum atomic E-state index is -1.90. The van der Waals surface area contributed by atoms with Crippen LogP contribution in [-0.2, 0) is 4.80 Å². The van der Waals surface area contributed by atoms with Gasteiger partial charge in [-0.15, -0.1) is 0 Å². The van der Waals surface area contributed by atoms with Crippen molar-refractivity contribution in [1.82, 2.24) is 0 Å². The van der Waals surface area contributed by atoms with Crippen LogP contribution in [0, 0.1) is 0 Å². The first-order valence-corrected chi connectivity index (χ1v) is 5.65. The van der Waals surface area contributed by atoms with Crippen molar-refractivity contribution in [2.45, 2.75) is 32.5 Å². The van der Waals surface area contributed by atoms with Crippen LogP contribution in [0.3, 0.4) is 0 Å². The zero-order valence-corrected chi connectivity index (χ0v) is 6.32. The van der Waals surface area contributed by atoms with E-state index in [2.05, 4.69) is 0 Å². The molecule has 0 fully saturated rings. The van der Waals surface area contributed by atoms with E-state index in [9.17, 15) is 4.80 Å². The summed E-state index contributed by atoms with van der Waals surface area (Å²) < 4.78 is 0. The van der Waals surface area contributed by atoms with Gasteiger partial charge >= 0.3 is 0 Å². The first kappa shape index (κ1) is 7.18. The lowest BCUT2D eigenvalue weighted by atomic mass is 10.9. The topological polar surface area (TPSA) is 19.9 Å². The molecule has 0 aromatic heterocycles. The molecule has 0 aliphatic rings. The summed E-state index contributed by atoms with van der Waals surface area (Å²) in [7, 11) is -1.90. The average Bonchev–Trinajstić information content (AvgIpc) is 1.68. The zero-order valence-electron chi connectivity index (χ0n) is 5.32. The van der Waals surface area contributed by atoms with Crippen LogP contribution in [-0.4, -0.2) is 8.32 Å². The molecule has 0 aliphatic carbocycles. The van der Waals surface area contributed by atoms with E-state index >= 15 is 0 Å². The van der Waals surface area contributed by atoms with Crippen LogP contribution < -0.4 is 0 Å². The van der Waals surface area contributed by atoms with Gasteiger partial charge in [0.05, 0.1) is 0 Å². The molecule has 43 valence electrons. The van der Waals surface area contributed by atoms with Gasteiger partial charge < -0.3 is 0 Å². The van der Waals surface area contributed by atoms with Crippen molar-refractivity contribution in [2.75, 3.05) is 0 Å². The molecule has 0 unspecified atom stereocenters. The van der Waals surface area contributed by atoms with Crippen LogP contribution in [0.5, 0.6) is 0 Å². The quantitative estimate of drug-likeness (QED) is 0.493. The Morgan fingerprint density at radius 1 is 1.29 bits per heavy atom. The van der Waals surface area contributed by atoms with Gasteiger partial charge in [0.2, 0.25) is 8.32 Å². The molecule has 0 aromatic rings. The summed E-state index contributed by atoms with van der Waals surface area (Å²) in [6.45, 7) is 5.86. The summed E-state index contributed by atoms with van der Waals surface area (Å²) in [6.07, 6.45) is 0. The van der Waals surface area contributed by atoms with Gasteiger partial charge in [-0.2, -0.15) is 0 Å². The Bertz CT molecular complexity index is 46.0. The van der Waals surface area contributed by atoms with Gasteiger partial charge in [0, 0.05) is 0 Å². The number of rotatable bonds is 2. The van der Waals surface area contributed by atoms with Crippen molar-refractivity contribution in [3.05, 3.63) is 0 Å². The van der Waals surface area contributed by atoms with E-state index in [-0.39, 0.29) is 0 Å². The zero-order chi connectivity index (χ0) is 5.91. The van der Waals surface area contributed by atoms with Crippen molar-refractivity contribution in [3.63, 3.8) is 0 Å². The molecule has 0 bridgehead atoms. The Morgan fingerprint density at radius 2 is 1.57 bits per heavy atom. The molecule has 0 spiro atoms. The maximum absolute atomic E-state index is 11.0. The van der Waals surface area contributed by atoms with Crippen molar-refractivity contribution < 1.29 is 4.80 Å². The summed E-state index contributed by atoms with van der Waals surface area (Å²) in [4.78, 5) is 11.0. The lowest BCUT2D eigenvalue weighted by molar-refractivity contribution is 0.422. The second kappa shape index (κ2) is 2.48. The summed E-state index contributed by atoms with van der Waals surface area (Å²) in [5.41, 5.74) is 0. The summed E-state index contributed by atoms with van der Waals surface area (Å²) in [5, 5.41) is 0. The van der Waals surface area contributed by atoms with Gasteiger partial charge in [0.25, 0.3) is 0 Å². The average molecular weight is 117 g/mol. The monoisotopic (exact) mass is 117 g/mol. The van der Waals surface area contributed by atoms with E-state index < -0.39 is 8.32 Å². The minimum Gasteiger partial charge on any atom is -0.298 e. The molecule has 0 amide bonds. The van der Waals surface area contributed by atoms with E-state index in [1.54, 1.807) is 0 Å². The Hall–Kier alpha value is 0.177. The highest BCUT2D eigenvalue weighted by Crippen LogP contribution is 2.09. The second-order valence-electron chi connectivity index (χ2n) is 2.16. The lowest BCUT2D eigenvalue weighted by Gasteiger charge is -2.09. The minimum absolute atomic E-state index is 0.878. The fourth-order valence-corrected chi connectivity index (χ4v) is 0.750. The van der Waals surface area contributed by atoms with E-state index in [0.717, 1.165) is 12.1 Å². The third-order valence-corrected chi connectivity index (χ3v) is 4.49. The Labute approximate surface area is 46.5 Å². The van der Waals surface area contributed by atoms with Gasteiger partial charge in [-0.1, -0.05) is 13.8 Å². The maximum atomic E-state index is 11.0. The predicted molar refractivity (Wildman–Crippen MR) is 33.3 cm³/mol. The highest BCUT2D eigenvalue weighted by molar-refractivity contribution is 6.70. The third-order valence-electron chi connectivity index (χ3n) is 1.50. The third kappa shape index (κ3) is 2.82. The largest absolute Gasteiger partial charge is 0.298 e. The van der Waals surface area contributed by atoms with E-state index in [1.807, 2.05) is 20.4 Å². The molecule has 0 rings (SSSR count). The summed E-state index contributed by atoms with van der Waals surface area (Å²) in [5.74, 6) is 0. The Morgan fingerprint density at radius 3 is 1.57 bits per heavy atom. The Kier molecular flexibility index (Phi) is 2.54. The SMILES string of the molecule is CC[Si](C)([O])CC. The predicted octanol–water partition coefficient (Wildman–Crippen LogP) is 2.03. The molecule has 1 radical (unpaired) electrons. The summed E-state index contributed by atoms with van der Waals surface area (Å²) >= 11 is 0. The smallest absolute Gasteiger partial charge is 0.233 e. The lowest BCUT2D eigenvalue weighted by Crippen LogP contribution is -2.24.